The van der Waals surface area contributed by atoms with E-state index in [9.17, 15) is 9.18 Å². The van der Waals surface area contributed by atoms with Gasteiger partial charge < -0.3 is 19.5 Å². The van der Waals surface area contributed by atoms with E-state index < -0.39 is 12.0 Å². The van der Waals surface area contributed by atoms with Gasteiger partial charge in [0.2, 0.25) is 11.1 Å². The summed E-state index contributed by atoms with van der Waals surface area (Å²) in [5, 5.41) is 8.46. The number of aromatic nitrogens is 3. The Kier molecular flexibility index (Phi) is 8.75. The highest BCUT2D eigenvalue weighted by molar-refractivity contribution is 9.10. The van der Waals surface area contributed by atoms with Crippen LogP contribution in [-0.4, -0.2) is 39.7 Å². The third kappa shape index (κ3) is 5.77. The predicted molar refractivity (Wildman–Crippen MR) is 144 cm³/mol. The van der Waals surface area contributed by atoms with E-state index in [0.29, 0.717) is 50.5 Å². The van der Waals surface area contributed by atoms with Crippen LogP contribution in [0.1, 0.15) is 44.9 Å². The van der Waals surface area contributed by atoms with Crippen LogP contribution >= 0.6 is 27.7 Å². The molecule has 0 radical (unpaired) electrons. The first-order valence-corrected chi connectivity index (χ1v) is 13.7. The van der Waals surface area contributed by atoms with E-state index in [-0.39, 0.29) is 19.0 Å². The second kappa shape index (κ2) is 12.0. The highest BCUT2D eigenvalue weighted by Gasteiger charge is 2.36. The van der Waals surface area contributed by atoms with Crippen LogP contribution in [0.15, 0.2) is 57.3 Å². The first kappa shape index (κ1) is 27.0. The monoisotopic (exact) mass is 590 g/mol. The zero-order chi connectivity index (χ0) is 26.5. The molecule has 11 heteroatoms. The van der Waals surface area contributed by atoms with Crippen molar-refractivity contribution >= 4 is 39.6 Å². The van der Waals surface area contributed by atoms with Gasteiger partial charge >= 0.3 is 5.97 Å². The number of benzene rings is 2. The minimum atomic E-state index is -0.620. The lowest BCUT2D eigenvalue weighted by atomic mass is 9.95. The molecule has 1 aromatic heterocycles. The summed E-state index contributed by atoms with van der Waals surface area (Å²) in [6, 6.07) is 9.49. The van der Waals surface area contributed by atoms with Gasteiger partial charge in [-0.2, -0.15) is 4.98 Å². The Hall–Kier alpha value is -3.05. The Labute approximate surface area is 227 Å². The second-order valence-corrected chi connectivity index (χ2v) is 10.1. The normalized spacial score (nSPS) is 14.7. The average Bonchev–Trinajstić information content (AvgIpc) is 3.25. The number of carbonyl (C=O) groups excluding carboxylic acids is 1. The summed E-state index contributed by atoms with van der Waals surface area (Å²) in [5.74, 6) is 1.42. The molecule has 1 unspecified atom stereocenters. The summed E-state index contributed by atoms with van der Waals surface area (Å²) in [6.45, 7) is 8.11. The van der Waals surface area contributed by atoms with Crippen LogP contribution in [0.25, 0.3) is 0 Å². The van der Waals surface area contributed by atoms with Crippen LogP contribution in [0.4, 0.5) is 10.3 Å². The predicted octanol–water partition coefficient (Wildman–Crippen LogP) is 6.12. The molecule has 196 valence electrons. The van der Waals surface area contributed by atoms with Crippen LogP contribution in [0.2, 0.25) is 0 Å². The number of allylic oxidation sites excluding steroid dienone is 1. The molecule has 3 aromatic rings. The average molecular weight is 592 g/mol. The Balaban J connectivity index is 1.79. The molecule has 4 rings (SSSR count). The van der Waals surface area contributed by atoms with Crippen molar-refractivity contribution in [3.8, 4) is 11.5 Å². The quantitative estimate of drug-likeness (QED) is 0.223. The lowest BCUT2D eigenvalue weighted by molar-refractivity contribution is -0.139. The van der Waals surface area contributed by atoms with Crippen molar-refractivity contribution in [1.29, 1.82) is 0 Å². The maximum atomic E-state index is 14.2. The smallest absolute Gasteiger partial charge is 0.338 e. The SMILES string of the molecule is CCOC(=O)C1=C(C)Nc2nc(SCC)nn2C1c1cc(Br)c(OCc2ccccc2F)c(OCC)c1. The van der Waals surface area contributed by atoms with E-state index in [0.717, 1.165) is 11.3 Å². The summed E-state index contributed by atoms with van der Waals surface area (Å²) in [7, 11) is 0. The number of rotatable bonds is 10. The molecule has 37 heavy (non-hydrogen) atoms. The van der Waals surface area contributed by atoms with Gasteiger partial charge in [-0.1, -0.05) is 36.9 Å². The maximum Gasteiger partial charge on any atom is 0.338 e. The van der Waals surface area contributed by atoms with E-state index in [4.69, 9.17) is 14.2 Å². The first-order chi connectivity index (χ1) is 17.9. The van der Waals surface area contributed by atoms with Crippen LogP contribution in [0.3, 0.4) is 0 Å². The highest BCUT2D eigenvalue weighted by Crippen LogP contribution is 2.43. The maximum absolute atomic E-state index is 14.2. The Morgan fingerprint density at radius 2 is 1.97 bits per heavy atom. The fraction of sp³-hybridized carbons (Fsp3) is 0.346. The molecule has 0 spiro atoms. The third-order valence-corrected chi connectivity index (χ3v) is 6.89. The van der Waals surface area contributed by atoms with Crippen molar-refractivity contribution in [2.24, 2.45) is 0 Å². The van der Waals surface area contributed by atoms with E-state index >= 15 is 0 Å². The minimum Gasteiger partial charge on any atom is -0.490 e. The zero-order valence-electron chi connectivity index (χ0n) is 21.0. The number of nitrogens with one attached hydrogen (secondary N) is 1. The largest absolute Gasteiger partial charge is 0.490 e. The number of ether oxygens (including phenoxy) is 3. The molecule has 0 saturated heterocycles. The van der Waals surface area contributed by atoms with Crippen molar-refractivity contribution in [3.05, 3.63) is 69.1 Å². The van der Waals surface area contributed by atoms with Crippen LogP contribution in [-0.2, 0) is 16.1 Å². The van der Waals surface area contributed by atoms with Gasteiger partial charge in [-0.3, -0.25) is 0 Å². The molecular formula is C26H28BrFN4O4S. The number of hydrogen-bond acceptors (Lipinski definition) is 8. The molecule has 1 aliphatic heterocycles. The number of esters is 1. The standard InChI is InChI=1S/C26H28BrFN4O4S/c1-5-34-20-13-17(12-18(27)23(20)36-14-16-10-8-9-11-19(16)28)22-21(24(33)35-6-2)15(4)29-25-30-26(37-7-3)31-32(22)25/h8-13,22H,5-7,14H2,1-4H3,(H,29,30,31). The molecule has 1 atom stereocenters. The molecule has 0 bridgehead atoms. The number of halogens is 2. The lowest BCUT2D eigenvalue weighted by Gasteiger charge is -2.28. The summed E-state index contributed by atoms with van der Waals surface area (Å²) >= 11 is 5.11. The minimum absolute atomic E-state index is 0.0238. The number of nitrogens with zero attached hydrogens (tertiary/aromatic N) is 3. The van der Waals surface area contributed by atoms with Gasteiger partial charge in [-0.25, -0.2) is 13.9 Å². The van der Waals surface area contributed by atoms with Crippen molar-refractivity contribution in [3.63, 3.8) is 0 Å². The van der Waals surface area contributed by atoms with Crippen molar-refractivity contribution in [1.82, 2.24) is 14.8 Å². The number of hydrogen-bond donors (Lipinski definition) is 1. The molecule has 1 N–H and O–H groups in total. The molecule has 0 saturated carbocycles. The molecular weight excluding hydrogens is 563 g/mol. The Bertz CT molecular complexity index is 1330. The van der Waals surface area contributed by atoms with Crippen LogP contribution < -0.4 is 14.8 Å². The summed E-state index contributed by atoms with van der Waals surface area (Å²) in [4.78, 5) is 17.7. The summed E-state index contributed by atoms with van der Waals surface area (Å²) < 4.78 is 33.8. The number of thioether (sulfide) groups is 1. The van der Waals surface area contributed by atoms with Crippen molar-refractivity contribution in [2.45, 2.75) is 45.5 Å². The van der Waals surface area contributed by atoms with Gasteiger partial charge in [-0.15, -0.1) is 5.10 Å². The summed E-state index contributed by atoms with van der Waals surface area (Å²) in [5.41, 5.74) is 2.19. The number of anilines is 1. The van der Waals surface area contributed by atoms with Crippen LogP contribution in [0, 0.1) is 5.82 Å². The molecule has 0 aliphatic carbocycles. The van der Waals surface area contributed by atoms with Gasteiger partial charge in [-0.05, 0) is 66.2 Å². The van der Waals surface area contributed by atoms with Crippen molar-refractivity contribution in [2.75, 3.05) is 24.3 Å². The van der Waals surface area contributed by atoms with E-state index in [2.05, 4.69) is 31.3 Å². The second-order valence-electron chi connectivity index (χ2n) is 8.03. The first-order valence-electron chi connectivity index (χ1n) is 11.9. The van der Waals surface area contributed by atoms with Crippen molar-refractivity contribution < 1.29 is 23.4 Å². The van der Waals surface area contributed by atoms with Crippen LogP contribution in [0.5, 0.6) is 11.5 Å². The molecule has 0 fully saturated rings. The fourth-order valence-electron chi connectivity index (χ4n) is 4.02. The molecule has 2 heterocycles. The van der Waals surface area contributed by atoms with E-state index in [1.165, 1.54) is 17.8 Å². The zero-order valence-corrected chi connectivity index (χ0v) is 23.4. The number of fused-ring (bicyclic) bond motifs is 1. The highest BCUT2D eigenvalue weighted by atomic mass is 79.9. The summed E-state index contributed by atoms with van der Waals surface area (Å²) in [6.07, 6.45) is 0. The van der Waals surface area contributed by atoms with Gasteiger partial charge in [0.1, 0.15) is 18.5 Å². The Morgan fingerprint density at radius 1 is 1.19 bits per heavy atom. The number of carbonyl (C=O) groups is 1. The van der Waals surface area contributed by atoms with Gasteiger partial charge in [0.25, 0.3) is 0 Å². The topological polar surface area (TPSA) is 87.5 Å². The molecule has 0 amide bonds. The van der Waals surface area contributed by atoms with Gasteiger partial charge in [0.15, 0.2) is 11.5 Å². The van der Waals surface area contributed by atoms with Gasteiger partial charge in [0.05, 0.1) is 23.3 Å². The third-order valence-electron chi connectivity index (χ3n) is 5.58. The fourth-order valence-corrected chi connectivity index (χ4v) is 5.15. The van der Waals surface area contributed by atoms with E-state index in [1.807, 2.05) is 32.9 Å². The molecule has 8 nitrogen and oxygen atoms in total. The molecule has 1 aliphatic rings. The lowest BCUT2D eigenvalue weighted by Crippen LogP contribution is -2.29. The Morgan fingerprint density at radius 3 is 2.68 bits per heavy atom. The van der Waals surface area contributed by atoms with E-state index in [1.54, 1.807) is 29.8 Å². The molecule has 2 aromatic carbocycles. The van der Waals surface area contributed by atoms with Gasteiger partial charge in [0, 0.05) is 11.3 Å².